The van der Waals surface area contributed by atoms with Crippen molar-refractivity contribution >= 4 is 27.2 Å². The fraction of sp³-hybridized carbons (Fsp3) is 0.238. The number of amides is 1. The van der Waals surface area contributed by atoms with E-state index >= 15 is 0 Å². The second-order valence-electron chi connectivity index (χ2n) is 7.17. The van der Waals surface area contributed by atoms with E-state index in [-0.39, 0.29) is 17.3 Å². The van der Waals surface area contributed by atoms with Crippen LogP contribution in [0.1, 0.15) is 5.56 Å². The van der Waals surface area contributed by atoms with Gasteiger partial charge >= 0.3 is 0 Å². The molecule has 0 unspecified atom stereocenters. The topological polar surface area (TPSA) is 84.3 Å². The molecule has 0 radical (unpaired) electrons. The number of hydrogen-bond donors (Lipinski definition) is 1. The molecule has 0 fully saturated rings. The van der Waals surface area contributed by atoms with E-state index in [4.69, 9.17) is 0 Å². The molecule has 1 N–H and O–H groups in total. The molecule has 1 aromatic heterocycles. The molecular weight excluding hydrogens is 388 g/mol. The number of nitrogens with one attached hydrogen (secondary N) is 1. The molecule has 2 aromatic carbocycles. The molecule has 0 atom stereocenters. The van der Waals surface area contributed by atoms with E-state index in [9.17, 15) is 13.2 Å². The fourth-order valence-corrected chi connectivity index (χ4v) is 3.52. The van der Waals surface area contributed by atoms with Crippen molar-refractivity contribution in [1.82, 2.24) is 9.78 Å². The molecule has 0 aliphatic heterocycles. The standard InChI is InChI=1S/C21H24N4O3S/c1-15-5-7-16(8-6-15)19-13-25(23-21(19)24(2)3)14-20(26)22-17-9-11-18(12-10-17)29(4,27)28/h5-13H,14H2,1-4H3,(H,22,26). The SMILES string of the molecule is Cc1ccc(-c2cn(CC(=O)Nc3ccc(S(C)(=O)=O)cc3)nc2N(C)C)cc1. The van der Waals surface area contributed by atoms with E-state index in [0.29, 0.717) is 5.69 Å². The van der Waals surface area contributed by atoms with Crippen molar-refractivity contribution in [1.29, 1.82) is 0 Å². The fourth-order valence-electron chi connectivity index (χ4n) is 2.89. The van der Waals surface area contributed by atoms with Crippen LogP contribution in [0.3, 0.4) is 0 Å². The van der Waals surface area contributed by atoms with E-state index < -0.39 is 9.84 Å². The Hall–Kier alpha value is -3.13. The van der Waals surface area contributed by atoms with Crippen molar-refractivity contribution in [2.24, 2.45) is 0 Å². The summed E-state index contributed by atoms with van der Waals surface area (Å²) in [7, 11) is 0.554. The first-order valence-electron chi connectivity index (χ1n) is 9.05. The van der Waals surface area contributed by atoms with Gasteiger partial charge < -0.3 is 10.2 Å². The second-order valence-corrected chi connectivity index (χ2v) is 9.18. The number of benzene rings is 2. The Morgan fingerprint density at radius 1 is 1.07 bits per heavy atom. The van der Waals surface area contributed by atoms with Gasteiger partial charge in [-0.3, -0.25) is 9.48 Å². The lowest BCUT2D eigenvalue weighted by molar-refractivity contribution is -0.116. The predicted octanol–water partition coefficient (Wildman–Crippen LogP) is 2.97. The van der Waals surface area contributed by atoms with Gasteiger partial charge in [-0.25, -0.2) is 8.42 Å². The average Bonchev–Trinajstić information content (AvgIpc) is 3.06. The van der Waals surface area contributed by atoms with Crippen LogP contribution in [0.4, 0.5) is 11.5 Å². The van der Waals surface area contributed by atoms with E-state index in [0.717, 1.165) is 23.2 Å². The number of hydrogen-bond acceptors (Lipinski definition) is 5. The van der Waals surface area contributed by atoms with E-state index in [1.54, 1.807) is 16.8 Å². The van der Waals surface area contributed by atoms with Crippen LogP contribution in [0.15, 0.2) is 59.6 Å². The second kappa shape index (κ2) is 8.08. The molecule has 152 valence electrons. The first-order chi connectivity index (χ1) is 13.6. The highest BCUT2D eigenvalue weighted by Gasteiger charge is 2.15. The van der Waals surface area contributed by atoms with Crippen molar-refractivity contribution in [2.45, 2.75) is 18.4 Å². The summed E-state index contributed by atoms with van der Waals surface area (Å²) in [5.74, 6) is 0.527. The van der Waals surface area contributed by atoms with Crippen LogP contribution in [0.2, 0.25) is 0 Å². The largest absolute Gasteiger partial charge is 0.361 e. The maximum absolute atomic E-state index is 12.4. The summed E-state index contributed by atoms with van der Waals surface area (Å²) in [5, 5.41) is 7.31. The molecule has 0 saturated carbocycles. The number of sulfone groups is 1. The summed E-state index contributed by atoms with van der Waals surface area (Å²) in [6.07, 6.45) is 3.00. The summed E-state index contributed by atoms with van der Waals surface area (Å²) in [4.78, 5) is 14.6. The lowest BCUT2D eigenvalue weighted by atomic mass is 10.1. The van der Waals surface area contributed by atoms with Gasteiger partial charge in [0.1, 0.15) is 6.54 Å². The normalized spacial score (nSPS) is 11.3. The number of rotatable bonds is 6. The third-order valence-electron chi connectivity index (χ3n) is 4.40. The van der Waals surface area contributed by atoms with Gasteiger partial charge in [0, 0.05) is 37.8 Å². The van der Waals surface area contributed by atoms with Gasteiger partial charge in [0.15, 0.2) is 15.7 Å². The number of nitrogens with zero attached hydrogens (tertiary/aromatic N) is 3. The monoisotopic (exact) mass is 412 g/mol. The third kappa shape index (κ3) is 5.03. The van der Waals surface area contributed by atoms with Gasteiger partial charge in [-0.1, -0.05) is 29.8 Å². The molecule has 3 rings (SSSR count). The van der Waals surface area contributed by atoms with Crippen molar-refractivity contribution in [3.8, 4) is 11.1 Å². The molecule has 29 heavy (non-hydrogen) atoms. The molecule has 1 heterocycles. The minimum absolute atomic E-state index is 0.0422. The summed E-state index contributed by atoms with van der Waals surface area (Å²) in [6.45, 7) is 2.08. The molecular formula is C21H24N4O3S. The molecule has 7 nitrogen and oxygen atoms in total. The van der Waals surface area contributed by atoms with Gasteiger partial charge in [-0.15, -0.1) is 0 Å². The molecule has 8 heteroatoms. The lowest BCUT2D eigenvalue weighted by Crippen LogP contribution is -2.19. The average molecular weight is 413 g/mol. The van der Waals surface area contributed by atoms with E-state index in [2.05, 4.69) is 10.4 Å². The smallest absolute Gasteiger partial charge is 0.246 e. The maximum atomic E-state index is 12.4. The highest BCUT2D eigenvalue weighted by Crippen LogP contribution is 2.29. The zero-order chi connectivity index (χ0) is 21.2. The quantitative estimate of drug-likeness (QED) is 0.673. The Morgan fingerprint density at radius 2 is 1.69 bits per heavy atom. The van der Waals surface area contributed by atoms with Gasteiger partial charge in [0.25, 0.3) is 0 Å². The Kier molecular flexibility index (Phi) is 5.74. The van der Waals surface area contributed by atoms with Crippen LogP contribution in [-0.2, 0) is 21.2 Å². The number of aryl methyl sites for hydroxylation is 1. The Bertz CT molecular complexity index is 1120. The molecule has 0 bridgehead atoms. The van der Waals surface area contributed by atoms with Crippen LogP contribution in [0, 0.1) is 6.92 Å². The molecule has 0 saturated heterocycles. The Labute approximate surface area is 170 Å². The number of carbonyl (C=O) groups excluding carboxylic acids is 1. The Balaban J connectivity index is 1.76. The lowest BCUT2D eigenvalue weighted by Gasteiger charge is -2.11. The van der Waals surface area contributed by atoms with Crippen LogP contribution in [-0.4, -0.2) is 44.5 Å². The third-order valence-corrected chi connectivity index (χ3v) is 5.53. The van der Waals surface area contributed by atoms with Crippen LogP contribution in [0.25, 0.3) is 11.1 Å². The molecule has 0 aliphatic carbocycles. The van der Waals surface area contributed by atoms with Crippen molar-refractivity contribution < 1.29 is 13.2 Å². The molecule has 1 amide bonds. The maximum Gasteiger partial charge on any atom is 0.246 e. The van der Waals surface area contributed by atoms with Crippen LogP contribution >= 0.6 is 0 Å². The van der Waals surface area contributed by atoms with Crippen LogP contribution < -0.4 is 10.2 Å². The summed E-state index contributed by atoms with van der Waals surface area (Å²) in [6, 6.07) is 14.2. The Morgan fingerprint density at radius 3 is 2.24 bits per heavy atom. The molecule has 0 aliphatic rings. The minimum atomic E-state index is -3.27. The summed E-state index contributed by atoms with van der Waals surface area (Å²) >= 11 is 0. The number of anilines is 2. The van der Waals surface area contributed by atoms with Gasteiger partial charge in [0.05, 0.1) is 4.90 Å². The zero-order valence-electron chi connectivity index (χ0n) is 16.9. The van der Waals surface area contributed by atoms with Crippen molar-refractivity contribution in [2.75, 3.05) is 30.6 Å². The molecule has 3 aromatic rings. The minimum Gasteiger partial charge on any atom is -0.361 e. The van der Waals surface area contributed by atoms with Crippen molar-refractivity contribution in [3.63, 3.8) is 0 Å². The highest BCUT2D eigenvalue weighted by molar-refractivity contribution is 7.90. The van der Waals surface area contributed by atoms with Gasteiger partial charge in [0.2, 0.25) is 5.91 Å². The van der Waals surface area contributed by atoms with Gasteiger partial charge in [-0.05, 0) is 36.8 Å². The number of carbonyl (C=O) groups is 1. The first-order valence-corrected chi connectivity index (χ1v) is 10.9. The van der Waals surface area contributed by atoms with Crippen LogP contribution in [0.5, 0.6) is 0 Å². The van der Waals surface area contributed by atoms with Gasteiger partial charge in [-0.2, -0.15) is 5.10 Å². The summed E-state index contributed by atoms with van der Waals surface area (Å²) in [5.41, 5.74) is 3.68. The molecule has 0 spiro atoms. The van der Waals surface area contributed by atoms with Crippen molar-refractivity contribution in [3.05, 3.63) is 60.3 Å². The van der Waals surface area contributed by atoms with E-state index in [1.165, 1.54) is 17.7 Å². The van der Waals surface area contributed by atoms with E-state index in [1.807, 2.05) is 56.4 Å². The number of aromatic nitrogens is 2. The zero-order valence-corrected chi connectivity index (χ0v) is 17.7. The predicted molar refractivity (Wildman–Crippen MR) is 115 cm³/mol. The summed E-state index contributed by atoms with van der Waals surface area (Å²) < 4.78 is 24.7. The first kappa shape index (κ1) is 20.6. The highest BCUT2D eigenvalue weighted by atomic mass is 32.2.